The molecule has 5 heteroatoms. The van der Waals surface area contributed by atoms with Gasteiger partial charge in [-0.1, -0.05) is 41.6 Å². The van der Waals surface area contributed by atoms with E-state index in [9.17, 15) is 4.79 Å². The second-order valence-electron chi connectivity index (χ2n) is 7.20. The van der Waals surface area contributed by atoms with Gasteiger partial charge in [-0.2, -0.15) is 0 Å². The Morgan fingerprint density at radius 3 is 2.79 bits per heavy atom. The van der Waals surface area contributed by atoms with E-state index in [1.54, 1.807) is 6.07 Å². The second-order valence-corrected chi connectivity index (χ2v) is 7.20. The topological polar surface area (TPSA) is 64.4 Å². The van der Waals surface area contributed by atoms with E-state index >= 15 is 0 Å². The third-order valence-electron chi connectivity index (χ3n) is 5.36. The molecule has 1 unspecified atom stereocenters. The van der Waals surface area contributed by atoms with Gasteiger partial charge in [-0.05, 0) is 56.4 Å². The van der Waals surface area contributed by atoms with Gasteiger partial charge in [0, 0.05) is 0 Å². The number of carbonyl (C=O) groups is 1. The molecule has 1 aromatic heterocycles. The molecule has 1 heterocycles. The number of hydrogen-bond donors (Lipinski definition) is 1. The average molecular weight is 376 g/mol. The van der Waals surface area contributed by atoms with Crippen LogP contribution in [0, 0.1) is 13.8 Å². The van der Waals surface area contributed by atoms with Gasteiger partial charge in [-0.3, -0.25) is 4.79 Å². The Labute approximate surface area is 164 Å². The van der Waals surface area contributed by atoms with Crippen molar-refractivity contribution in [2.45, 2.75) is 45.8 Å². The van der Waals surface area contributed by atoms with Gasteiger partial charge in [0.05, 0.1) is 22.9 Å². The van der Waals surface area contributed by atoms with Crippen molar-refractivity contribution in [3.8, 4) is 5.75 Å². The zero-order valence-electron chi connectivity index (χ0n) is 16.2. The third-order valence-corrected chi connectivity index (χ3v) is 5.36. The zero-order valence-corrected chi connectivity index (χ0v) is 16.2. The molecule has 0 radical (unpaired) electrons. The van der Waals surface area contributed by atoms with Crippen LogP contribution >= 0.6 is 0 Å². The molecule has 5 nitrogen and oxygen atoms in total. The second kappa shape index (κ2) is 7.89. The average Bonchev–Trinajstić information content (AvgIpc) is 3.04. The van der Waals surface area contributed by atoms with E-state index < -0.39 is 0 Å². The Hall–Kier alpha value is -3.08. The van der Waals surface area contributed by atoms with Crippen LogP contribution in [0.15, 0.2) is 53.1 Å². The largest absolute Gasteiger partial charge is 0.488 e. The van der Waals surface area contributed by atoms with Gasteiger partial charge in [0.1, 0.15) is 18.1 Å². The summed E-state index contributed by atoms with van der Waals surface area (Å²) in [5, 5.41) is 7.15. The van der Waals surface area contributed by atoms with Crippen LogP contribution in [0.3, 0.4) is 0 Å². The number of amides is 1. The highest BCUT2D eigenvalue weighted by Crippen LogP contribution is 2.30. The summed E-state index contributed by atoms with van der Waals surface area (Å²) in [4.78, 5) is 13.0. The van der Waals surface area contributed by atoms with Crippen molar-refractivity contribution in [1.82, 2.24) is 10.5 Å². The molecule has 0 aliphatic heterocycles. The van der Waals surface area contributed by atoms with Crippen molar-refractivity contribution >= 4 is 5.91 Å². The summed E-state index contributed by atoms with van der Waals surface area (Å²) in [6.45, 7) is 4.06. The SMILES string of the molecule is Cc1noc(C)c1COc1ccccc1C(=O)NC1CCCc2ccccc21. The molecule has 4 rings (SSSR count). The molecule has 28 heavy (non-hydrogen) atoms. The number of aromatic nitrogens is 1. The Bertz CT molecular complexity index is 974. The molecule has 1 amide bonds. The van der Waals surface area contributed by atoms with Gasteiger partial charge in [-0.15, -0.1) is 0 Å². The van der Waals surface area contributed by atoms with Crippen LogP contribution in [0.1, 0.15) is 57.4 Å². The standard InChI is InChI=1S/C23H24N2O3/c1-15-20(16(2)28-25-15)14-27-22-13-6-5-11-19(22)23(26)24-21-12-7-9-17-8-3-4-10-18(17)21/h3-6,8,10-11,13,21H,7,9,12,14H2,1-2H3,(H,24,26). The van der Waals surface area contributed by atoms with E-state index in [1.807, 2.05) is 38.1 Å². The normalized spacial score (nSPS) is 15.7. The van der Waals surface area contributed by atoms with Crippen LogP contribution in [-0.4, -0.2) is 11.1 Å². The van der Waals surface area contributed by atoms with Crippen molar-refractivity contribution in [1.29, 1.82) is 0 Å². The molecule has 2 aromatic carbocycles. The van der Waals surface area contributed by atoms with Crippen LogP contribution in [-0.2, 0) is 13.0 Å². The Morgan fingerprint density at radius 2 is 1.96 bits per heavy atom. The maximum Gasteiger partial charge on any atom is 0.255 e. The van der Waals surface area contributed by atoms with Crippen LogP contribution in [0.5, 0.6) is 5.75 Å². The highest BCUT2D eigenvalue weighted by atomic mass is 16.5. The summed E-state index contributed by atoms with van der Waals surface area (Å²) in [5.41, 5.74) is 4.80. The first kappa shape index (κ1) is 18.3. The van der Waals surface area contributed by atoms with Crippen molar-refractivity contribution < 1.29 is 14.1 Å². The summed E-state index contributed by atoms with van der Waals surface area (Å²) in [7, 11) is 0. The number of hydrogen-bond acceptors (Lipinski definition) is 4. The maximum atomic E-state index is 13.0. The number of rotatable bonds is 5. The predicted octanol–water partition coefficient (Wildman–Crippen LogP) is 4.68. The van der Waals surface area contributed by atoms with E-state index in [4.69, 9.17) is 9.26 Å². The Balaban J connectivity index is 1.51. The molecule has 0 bridgehead atoms. The fourth-order valence-electron chi connectivity index (χ4n) is 3.78. The Morgan fingerprint density at radius 1 is 1.18 bits per heavy atom. The highest BCUT2D eigenvalue weighted by Gasteiger charge is 2.23. The number of nitrogens with zero attached hydrogens (tertiary/aromatic N) is 1. The minimum Gasteiger partial charge on any atom is -0.488 e. The minimum absolute atomic E-state index is 0.0352. The van der Waals surface area contributed by atoms with Crippen LogP contribution in [0.2, 0.25) is 0 Å². The lowest BCUT2D eigenvalue weighted by Gasteiger charge is -2.26. The molecule has 1 N–H and O–H groups in total. The number of fused-ring (bicyclic) bond motifs is 1. The molecule has 0 fully saturated rings. The van der Waals surface area contributed by atoms with Gasteiger partial charge < -0.3 is 14.6 Å². The first-order chi connectivity index (χ1) is 13.6. The number of ether oxygens (including phenoxy) is 1. The van der Waals surface area contributed by atoms with Gasteiger partial charge >= 0.3 is 0 Å². The van der Waals surface area contributed by atoms with Crippen molar-refractivity contribution in [2.75, 3.05) is 0 Å². The third kappa shape index (κ3) is 3.65. The summed E-state index contributed by atoms with van der Waals surface area (Å²) in [6, 6.07) is 15.7. The van der Waals surface area contributed by atoms with E-state index in [2.05, 4.69) is 28.7 Å². The smallest absolute Gasteiger partial charge is 0.255 e. The summed E-state index contributed by atoms with van der Waals surface area (Å²) in [5.74, 6) is 1.18. The van der Waals surface area contributed by atoms with Gasteiger partial charge in [-0.25, -0.2) is 0 Å². The molecular formula is C23H24N2O3. The summed E-state index contributed by atoms with van der Waals surface area (Å²) in [6.07, 6.45) is 3.09. The van der Waals surface area contributed by atoms with Crippen molar-refractivity contribution in [2.24, 2.45) is 0 Å². The molecule has 144 valence electrons. The fourth-order valence-corrected chi connectivity index (χ4v) is 3.78. The van der Waals surface area contributed by atoms with E-state index in [0.717, 1.165) is 36.3 Å². The number of aryl methyl sites for hydroxylation is 3. The minimum atomic E-state index is -0.115. The monoisotopic (exact) mass is 376 g/mol. The lowest BCUT2D eigenvalue weighted by molar-refractivity contribution is 0.0928. The van der Waals surface area contributed by atoms with Crippen LogP contribution in [0.4, 0.5) is 0 Å². The lowest BCUT2D eigenvalue weighted by Crippen LogP contribution is -2.31. The van der Waals surface area contributed by atoms with E-state index in [0.29, 0.717) is 17.9 Å². The first-order valence-corrected chi connectivity index (χ1v) is 9.65. The summed E-state index contributed by atoms with van der Waals surface area (Å²) >= 11 is 0. The highest BCUT2D eigenvalue weighted by molar-refractivity contribution is 5.97. The molecule has 0 spiro atoms. The molecule has 0 saturated carbocycles. The molecule has 0 saturated heterocycles. The molecular weight excluding hydrogens is 352 g/mol. The number of carbonyl (C=O) groups excluding carboxylic acids is 1. The summed E-state index contributed by atoms with van der Waals surface area (Å²) < 4.78 is 11.1. The number of benzene rings is 2. The van der Waals surface area contributed by atoms with Crippen LogP contribution < -0.4 is 10.1 Å². The van der Waals surface area contributed by atoms with E-state index in [1.165, 1.54) is 11.1 Å². The molecule has 1 aliphatic rings. The molecule has 3 aromatic rings. The van der Waals surface area contributed by atoms with E-state index in [-0.39, 0.29) is 11.9 Å². The predicted molar refractivity (Wildman–Crippen MR) is 106 cm³/mol. The molecule has 1 atom stereocenters. The Kier molecular flexibility index (Phi) is 5.15. The van der Waals surface area contributed by atoms with Crippen molar-refractivity contribution in [3.05, 3.63) is 82.2 Å². The van der Waals surface area contributed by atoms with Crippen molar-refractivity contribution in [3.63, 3.8) is 0 Å². The lowest BCUT2D eigenvalue weighted by atomic mass is 9.87. The van der Waals surface area contributed by atoms with Crippen LogP contribution in [0.25, 0.3) is 0 Å². The zero-order chi connectivity index (χ0) is 19.5. The number of nitrogens with one attached hydrogen (secondary N) is 1. The van der Waals surface area contributed by atoms with Gasteiger partial charge in [0.25, 0.3) is 5.91 Å². The fraction of sp³-hybridized carbons (Fsp3) is 0.304. The first-order valence-electron chi connectivity index (χ1n) is 9.65. The quantitative estimate of drug-likeness (QED) is 0.702. The number of para-hydroxylation sites is 1. The maximum absolute atomic E-state index is 13.0. The van der Waals surface area contributed by atoms with Gasteiger partial charge in [0.2, 0.25) is 0 Å². The molecule has 1 aliphatic carbocycles. The van der Waals surface area contributed by atoms with Gasteiger partial charge in [0.15, 0.2) is 0 Å².